The summed E-state index contributed by atoms with van der Waals surface area (Å²) in [6.07, 6.45) is 5.60. The Hall–Kier alpha value is -1.75. The number of piperidine rings is 1. The smallest absolute Gasteiger partial charge is 0.134 e. The third kappa shape index (κ3) is 2.97. The molecular formula is C20H25NO3. The third-order valence-corrected chi connectivity index (χ3v) is 5.37. The van der Waals surface area contributed by atoms with Gasteiger partial charge in [0.2, 0.25) is 0 Å². The molecule has 1 heterocycles. The van der Waals surface area contributed by atoms with E-state index < -0.39 is 16.9 Å². The summed E-state index contributed by atoms with van der Waals surface area (Å²) >= 11 is 0. The molecule has 3 rings (SSSR count). The molecule has 2 fully saturated rings. The standard InChI is InChI=1S/C20H25NO3/c1-2-10-21-13-19(9-8-16-6-4-3-5-7-16)11-17(23)12-20(14-21,15-22)18(19)24/h2-9,18,22,24H,1,10-15H2/b9-8+/t18?,19-,20+/m1/s1. The number of likely N-dealkylation sites (tertiary alicyclic amines) is 1. The van der Waals surface area contributed by atoms with Crippen molar-refractivity contribution < 1.29 is 15.0 Å². The average molecular weight is 327 g/mol. The number of ketones is 1. The Bertz CT molecular complexity index is 642. The molecule has 24 heavy (non-hydrogen) atoms. The maximum Gasteiger partial charge on any atom is 0.134 e. The molecule has 0 radical (unpaired) electrons. The zero-order valence-electron chi connectivity index (χ0n) is 13.9. The lowest BCUT2D eigenvalue weighted by Gasteiger charge is -2.57. The van der Waals surface area contributed by atoms with E-state index in [0.29, 0.717) is 26.1 Å². The molecule has 2 N–H and O–H groups in total. The summed E-state index contributed by atoms with van der Waals surface area (Å²) < 4.78 is 0. The Kier molecular flexibility index (Phi) is 4.72. The molecule has 128 valence electrons. The summed E-state index contributed by atoms with van der Waals surface area (Å²) in [4.78, 5) is 14.6. The number of benzene rings is 1. The Morgan fingerprint density at radius 3 is 2.67 bits per heavy atom. The van der Waals surface area contributed by atoms with Gasteiger partial charge in [0, 0.05) is 43.3 Å². The predicted octanol–water partition coefficient (Wildman–Crippen LogP) is 1.89. The third-order valence-electron chi connectivity index (χ3n) is 5.37. The molecule has 3 atom stereocenters. The zero-order chi connectivity index (χ0) is 17.2. The number of Topliss-reactive ketones (excluding diaryl/α,β-unsaturated/α-hetero) is 1. The lowest BCUT2D eigenvalue weighted by atomic mass is 9.56. The molecule has 1 aliphatic heterocycles. The van der Waals surface area contributed by atoms with E-state index in [0.717, 1.165) is 5.56 Å². The molecule has 2 bridgehead atoms. The van der Waals surface area contributed by atoms with Gasteiger partial charge in [0.15, 0.2) is 0 Å². The fourth-order valence-electron chi connectivity index (χ4n) is 4.36. The fourth-order valence-corrected chi connectivity index (χ4v) is 4.36. The number of carbonyl (C=O) groups is 1. The molecular weight excluding hydrogens is 302 g/mol. The van der Waals surface area contributed by atoms with Gasteiger partial charge in [-0.05, 0) is 5.56 Å². The van der Waals surface area contributed by atoms with Gasteiger partial charge in [-0.15, -0.1) is 6.58 Å². The SMILES string of the molecule is C=CCN1C[C@@]2(/C=C/c3ccccc3)CC(=O)C[C@@](CO)(C1)C2O. The van der Waals surface area contributed by atoms with E-state index in [-0.39, 0.29) is 18.8 Å². The molecule has 4 heteroatoms. The van der Waals surface area contributed by atoms with Crippen molar-refractivity contribution in [3.05, 3.63) is 54.6 Å². The van der Waals surface area contributed by atoms with Crippen LogP contribution in [0, 0.1) is 10.8 Å². The average Bonchev–Trinajstić information content (AvgIpc) is 2.57. The van der Waals surface area contributed by atoms with Crippen LogP contribution in [0.15, 0.2) is 49.1 Å². The van der Waals surface area contributed by atoms with Crippen molar-refractivity contribution in [1.29, 1.82) is 0 Å². The summed E-state index contributed by atoms with van der Waals surface area (Å²) in [5, 5.41) is 21.0. The van der Waals surface area contributed by atoms with Crippen molar-refractivity contribution in [3.63, 3.8) is 0 Å². The Morgan fingerprint density at radius 2 is 2.00 bits per heavy atom. The number of hydrogen-bond donors (Lipinski definition) is 2. The topological polar surface area (TPSA) is 60.8 Å². The van der Waals surface area contributed by atoms with Gasteiger partial charge in [0.05, 0.1) is 12.7 Å². The van der Waals surface area contributed by atoms with E-state index in [1.54, 1.807) is 0 Å². The van der Waals surface area contributed by atoms with Gasteiger partial charge >= 0.3 is 0 Å². The molecule has 1 saturated heterocycles. The van der Waals surface area contributed by atoms with Crippen LogP contribution in [-0.4, -0.2) is 53.2 Å². The maximum atomic E-state index is 12.4. The highest BCUT2D eigenvalue weighted by Crippen LogP contribution is 2.50. The van der Waals surface area contributed by atoms with E-state index >= 15 is 0 Å². The van der Waals surface area contributed by atoms with Crippen LogP contribution < -0.4 is 0 Å². The van der Waals surface area contributed by atoms with Gasteiger partial charge in [0.1, 0.15) is 5.78 Å². The first kappa shape index (κ1) is 17.1. The van der Waals surface area contributed by atoms with E-state index in [2.05, 4.69) is 11.5 Å². The van der Waals surface area contributed by atoms with Crippen LogP contribution in [0.5, 0.6) is 0 Å². The normalized spacial score (nSPS) is 33.8. The molecule has 0 spiro atoms. The van der Waals surface area contributed by atoms with Crippen molar-refractivity contribution in [1.82, 2.24) is 4.90 Å². The zero-order valence-corrected chi connectivity index (χ0v) is 13.9. The van der Waals surface area contributed by atoms with Gasteiger partial charge < -0.3 is 10.2 Å². The number of rotatable bonds is 5. The summed E-state index contributed by atoms with van der Waals surface area (Å²) in [5.74, 6) is 0.116. The van der Waals surface area contributed by atoms with Crippen LogP contribution in [0.2, 0.25) is 0 Å². The minimum absolute atomic E-state index is 0.116. The monoisotopic (exact) mass is 327 g/mol. The Labute approximate surface area is 143 Å². The van der Waals surface area contributed by atoms with Crippen molar-refractivity contribution in [2.75, 3.05) is 26.2 Å². The van der Waals surface area contributed by atoms with E-state index in [4.69, 9.17) is 0 Å². The fraction of sp³-hybridized carbons (Fsp3) is 0.450. The van der Waals surface area contributed by atoms with Crippen LogP contribution in [0.1, 0.15) is 18.4 Å². The van der Waals surface area contributed by atoms with E-state index in [1.807, 2.05) is 48.6 Å². The molecule has 4 nitrogen and oxygen atoms in total. The second kappa shape index (κ2) is 6.63. The molecule has 1 aliphatic carbocycles. The second-order valence-electron chi connectivity index (χ2n) is 7.25. The predicted molar refractivity (Wildman–Crippen MR) is 94.3 cm³/mol. The minimum atomic E-state index is -0.780. The summed E-state index contributed by atoms with van der Waals surface area (Å²) in [7, 11) is 0. The van der Waals surface area contributed by atoms with Gasteiger partial charge in [-0.3, -0.25) is 9.69 Å². The summed E-state index contributed by atoms with van der Waals surface area (Å²) in [6, 6.07) is 9.87. The molecule has 0 aromatic heterocycles. The number of fused-ring (bicyclic) bond motifs is 2. The highest BCUT2D eigenvalue weighted by atomic mass is 16.3. The van der Waals surface area contributed by atoms with Gasteiger partial charge in [0.25, 0.3) is 0 Å². The molecule has 1 unspecified atom stereocenters. The second-order valence-corrected chi connectivity index (χ2v) is 7.25. The number of nitrogens with zero attached hydrogens (tertiary/aromatic N) is 1. The first-order valence-electron chi connectivity index (χ1n) is 8.42. The van der Waals surface area contributed by atoms with Gasteiger partial charge in [-0.25, -0.2) is 0 Å². The molecule has 0 amide bonds. The molecule has 1 aromatic rings. The van der Waals surface area contributed by atoms with Crippen LogP contribution >= 0.6 is 0 Å². The van der Waals surface area contributed by atoms with Crippen molar-refractivity contribution in [2.24, 2.45) is 10.8 Å². The first-order valence-corrected chi connectivity index (χ1v) is 8.42. The number of carbonyl (C=O) groups excluding carboxylic acids is 1. The van der Waals surface area contributed by atoms with Crippen LogP contribution in [0.3, 0.4) is 0 Å². The van der Waals surface area contributed by atoms with Crippen LogP contribution in [0.4, 0.5) is 0 Å². The van der Waals surface area contributed by atoms with Gasteiger partial charge in [-0.2, -0.15) is 0 Å². The van der Waals surface area contributed by atoms with Crippen molar-refractivity contribution >= 4 is 11.9 Å². The van der Waals surface area contributed by atoms with Gasteiger partial charge in [-0.1, -0.05) is 48.6 Å². The number of aliphatic hydroxyl groups is 2. The highest BCUT2D eigenvalue weighted by Gasteiger charge is 2.58. The largest absolute Gasteiger partial charge is 0.396 e. The first-order chi connectivity index (χ1) is 11.5. The van der Waals surface area contributed by atoms with Crippen molar-refractivity contribution in [3.8, 4) is 0 Å². The summed E-state index contributed by atoms with van der Waals surface area (Å²) in [5.41, 5.74) is -0.403. The van der Waals surface area contributed by atoms with E-state index in [1.165, 1.54) is 0 Å². The quantitative estimate of drug-likeness (QED) is 0.811. The molecule has 2 aliphatic rings. The lowest BCUT2D eigenvalue weighted by molar-refractivity contribution is -0.172. The Balaban J connectivity index is 1.98. The molecule has 1 aromatic carbocycles. The Morgan fingerprint density at radius 1 is 1.25 bits per heavy atom. The maximum absolute atomic E-state index is 12.4. The highest BCUT2D eigenvalue weighted by molar-refractivity contribution is 5.82. The summed E-state index contributed by atoms with van der Waals surface area (Å²) in [6.45, 7) is 5.41. The number of aliphatic hydroxyl groups excluding tert-OH is 2. The lowest BCUT2D eigenvalue weighted by Crippen LogP contribution is -2.66. The minimum Gasteiger partial charge on any atom is -0.396 e. The molecule has 1 saturated carbocycles. The number of hydrogen-bond acceptors (Lipinski definition) is 4. The van der Waals surface area contributed by atoms with Crippen LogP contribution in [-0.2, 0) is 4.79 Å². The van der Waals surface area contributed by atoms with Crippen LogP contribution in [0.25, 0.3) is 6.08 Å². The van der Waals surface area contributed by atoms with E-state index in [9.17, 15) is 15.0 Å². The van der Waals surface area contributed by atoms with Crippen molar-refractivity contribution in [2.45, 2.75) is 18.9 Å².